The maximum atomic E-state index is 6.01. The molecular weight excluding hydrogens is 242 g/mol. The zero-order valence-electron chi connectivity index (χ0n) is 8.01. The number of hydrogen-bond acceptors (Lipinski definition) is 2. The SMILES string of the molecule is Cc1cc(Br)cc(C2=CCOC2)c1N. The molecule has 0 saturated carbocycles. The van der Waals surface area contributed by atoms with Crippen molar-refractivity contribution in [3.8, 4) is 0 Å². The summed E-state index contributed by atoms with van der Waals surface area (Å²) in [4.78, 5) is 0. The average molecular weight is 254 g/mol. The lowest BCUT2D eigenvalue weighted by atomic mass is 10.0. The van der Waals surface area contributed by atoms with E-state index in [1.54, 1.807) is 0 Å². The second kappa shape index (κ2) is 3.75. The fraction of sp³-hybridized carbons (Fsp3) is 0.273. The predicted octanol–water partition coefficient (Wildman–Crippen LogP) is 2.75. The Morgan fingerprint density at radius 1 is 1.43 bits per heavy atom. The fourth-order valence-corrected chi connectivity index (χ4v) is 2.17. The lowest BCUT2D eigenvalue weighted by molar-refractivity contribution is 0.216. The minimum Gasteiger partial charge on any atom is -0.398 e. The van der Waals surface area contributed by atoms with Crippen LogP contribution in [0, 0.1) is 6.92 Å². The molecule has 0 aliphatic carbocycles. The second-order valence-electron chi connectivity index (χ2n) is 3.43. The molecule has 0 fully saturated rings. The number of rotatable bonds is 1. The summed E-state index contributed by atoms with van der Waals surface area (Å²) in [5, 5.41) is 0. The fourth-order valence-electron chi connectivity index (χ4n) is 1.60. The first-order valence-electron chi connectivity index (χ1n) is 4.51. The van der Waals surface area contributed by atoms with Gasteiger partial charge in [0, 0.05) is 15.7 Å². The Morgan fingerprint density at radius 2 is 2.21 bits per heavy atom. The highest BCUT2D eigenvalue weighted by Crippen LogP contribution is 2.30. The van der Waals surface area contributed by atoms with Crippen LogP contribution in [0.3, 0.4) is 0 Å². The molecular formula is C11H12BrNO. The molecule has 0 saturated heterocycles. The van der Waals surface area contributed by atoms with Crippen LogP contribution in [0.2, 0.25) is 0 Å². The minimum atomic E-state index is 0.667. The van der Waals surface area contributed by atoms with E-state index in [2.05, 4.69) is 22.0 Å². The third-order valence-corrected chi connectivity index (χ3v) is 2.86. The van der Waals surface area contributed by atoms with Gasteiger partial charge < -0.3 is 10.5 Å². The lowest BCUT2D eigenvalue weighted by Gasteiger charge is -2.09. The van der Waals surface area contributed by atoms with Crippen LogP contribution < -0.4 is 5.73 Å². The highest BCUT2D eigenvalue weighted by molar-refractivity contribution is 9.10. The summed E-state index contributed by atoms with van der Waals surface area (Å²) < 4.78 is 6.34. The minimum absolute atomic E-state index is 0.667. The number of nitrogens with two attached hydrogens (primary N) is 1. The maximum Gasteiger partial charge on any atom is 0.0725 e. The van der Waals surface area contributed by atoms with E-state index in [0.29, 0.717) is 13.2 Å². The van der Waals surface area contributed by atoms with Crippen LogP contribution in [0.4, 0.5) is 5.69 Å². The van der Waals surface area contributed by atoms with Crippen LogP contribution >= 0.6 is 15.9 Å². The Hall–Kier alpha value is -0.800. The molecule has 1 aliphatic heterocycles. The third kappa shape index (κ3) is 1.70. The van der Waals surface area contributed by atoms with Gasteiger partial charge >= 0.3 is 0 Å². The Labute approximate surface area is 91.9 Å². The van der Waals surface area contributed by atoms with Gasteiger partial charge in [-0.2, -0.15) is 0 Å². The number of anilines is 1. The van der Waals surface area contributed by atoms with Crippen molar-refractivity contribution in [3.63, 3.8) is 0 Å². The summed E-state index contributed by atoms with van der Waals surface area (Å²) in [6, 6.07) is 4.07. The molecule has 2 nitrogen and oxygen atoms in total. The standard InChI is InChI=1S/C11H12BrNO/c1-7-4-9(12)5-10(11(7)13)8-2-3-14-6-8/h2,4-5H,3,6,13H2,1H3. The van der Waals surface area contributed by atoms with Gasteiger partial charge in [0.25, 0.3) is 0 Å². The van der Waals surface area contributed by atoms with Crippen molar-refractivity contribution >= 4 is 27.2 Å². The van der Waals surface area contributed by atoms with Gasteiger partial charge in [-0.15, -0.1) is 0 Å². The van der Waals surface area contributed by atoms with Crippen molar-refractivity contribution in [3.05, 3.63) is 33.8 Å². The normalized spacial score (nSPS) is 15.7. The van der Waals surface area contributed by atoms with Crippen molar-refractivity contribution < 1.29 is 4.74 Å². The Balaban J connectivity index is 2.51. The quantitative estimate of drug-likeness (QED) is 0.782. The van der Waals surface area contributed by atoms with Crippen LogP contribution in [0.1, 0.15) is 11.1 Å². The number of hydrogen-bond donors (Lipinski definition) is 1. The van der Waals surface area contributed by atoms with E-state index in [-0.39, 0.29) is 0 Å². The summed E-state index contributed by atoms with van der Waals surface area (Å²) in [5.41, 5.74) is 10.2. The van der Waals surface area contributed by atoms with Crippen LogP contribution in [-0.2, 0) is 4.74 Å². The van der Waals surface area contributed by atoms with E-state index in [4.69, 9.17) is 10.5 Å². The van der Waals surface area contributed by atoms with Gasteiger partial charge in [0.1, 0.15) is 0 Å². The van der Waals surface area contributed by atoms with E-state index in [1.807, 2.05) is 19.1 Å². The monoisotopic (exact) mass is 253 g/mol. The Bertz CT molecular complexity index is 399. The summed E-state index contributed by atoms with van der Waals surface area (Å²) in [5.74, 6) is 0. The first kappa shape index (κ1) is 9.74. The molecule has 2 N–H and O–H groups in total. The zero-order chi connectivity index (χ0) is 10.1. The summed E-state index contributed by atoms with van der Waals surface area (Å²) in [6.45, 7) is 3.38. The van der Waals surface area contributed by atoms with Gasteiger partial charge in [0.2, 0.25) is 0 Å². The number of nitrogen functional groups attached to an aromatic ring is 1. The molecule has 0 unspecified atom stereocenters. The van der Waals surface area contributed by atoms with Crippen LogP contribution in [0.15, 0.2) is 22.7 Å². The summed E-state index contributed by atoms with van der Waals surface area (Å²) >= 11 is 3.47. The van der Waals surface area contributed by atoms with Gasteiger partial charge in [0.05, 0.1) is 13.2 Å². The molecule has 2 rings (SSSR count). The predicted molar refractivity (Wildman–Crippen MR) is 62.1 cm³/mol. The second-order valence-corrected chi connectivity index (χ2v) is 4.34. The number of halogens is 1. The van der Waals surface area contributed by atoms with Crippen LogP contribution in [0.25, 0.3) is 5.57 Å². The molecule has 1 aliphatic rings. The molecule has 0 spiro atoms. The molecule has 1 aromatic carbocycles. The van der Waals surface area contributed by atoms with Gasteiger partial charge in [-0.3, -0.25) is 0 Å². The summed E-state index contributed by atoms with van der Waals surface area (Å²) in [7, 11) is 0. The topological polar surface area (TPSA) is 35.2 Å². The molecule has 0 atom stereocenters. The van der Waals surface area contributed by atoms with Gasteiger partial charge in [-0.1, -0.05) is 22.0 Å². The number of aryl methyl sites for hydroxylation is 1. The molecule has 0 radical (unpaired) electrons. The van der Waals surface area contributed by atoms with Crippen molar-refractivity contribution in [2.45, 2.75) is 6.92 Å². The number of ether oxygens (including phenoxy) is 1. The van der Waals surface area contributed by atoms with Crippen molar-refractivity contribution in [1.29, 1.82) is 0 Å². The smallest absolute Gasteiger partial charge is 0.0725 e. The molecule has 0 bridgehead atoms. The molecule has 3 heteroatoms. The maximum absolute atomic E-state index is 6.01. The van der Waals surface area contributed by atoms with E-state index in [0.717, 1.165) is 21.3 Å². The first-order chi connectivity index (χ1) is 6.68. The van der Waals surface area contributed by atoms with Gasteiger partial charge in [0.15, 0.2) is 0 Å². The lowest BCUT2D eigenvalue weighted by Crippen LogP contribution is -1.98. The van der Waals surface area contributed by atoms with Gasteiger partial charge in [-0.05, 0) is 30.2 Å². The van der Waals surface area contributed by atoms with Crippen molar-refractivity contribution in [1.82, 2.24) is 0 Å². The van der Waals surface area contributed by atoms with Crippen molar-refractivity contribution in [2.75, 3.05) is 18.9 Å². The van der Waals surface area contributed by atoms with Crippen LogP contribution in [0.5, 0.6) is 0 Å². The largest absolute Gasteiger partial charge is 0.398 e. The average Bonchev–Trinajstić information content (AvgIpc) is 2.63. The first-order valence-corrected chi connectivity index (χ1v) is 5.30. The van der Waals surface area contributed by atoms with E-state index >= 15 is 0 Å². The molecule has 14 heavy (non-hydrogen) atoms. The third-order valence-electron chi connectivity index (χ3n) is 2.40. The van der Waals surface area contributed by atoms with E-state index in [9.17, 15) is 0 Å². The molecule has 1 heterocycles. The Morgan fingerprint density at radius 3 is 2.86 bits per heavy atom. The highest BCUT2D eigenvalue weighted by Gasteiger charge is 2.12. The van der Waals surface area contributed by atoms with Crippen LogP contribution in [-0.4, -0.2) is 13.2 Å². The van der Waals surface area contributed by atoms with Gasteiger partial charge in [-0.25, -0.2) is 0 Å². The van der Waals surface area contributed by atoms with E-state index in [1.165, 1.54) is 5.57 Å². The molecule has 74 valence electrons. The highest BCUT2D eigenvalue weighted by atomic mass is 79.9. The zero-order valence-corrected chi connectivity index (χ0v) is 9.60. The molecule has 0 amide bonds. The molecule has 1 aromatic rings. The summed E-state index contributed by atoms with van der Waals surface area (Å²) in [6.07, 6.45) is 2.08. The number of benzene rings is 1. The Kier molecular flexibility index (Phi) is 2.61. The molecule has 0 aromatic heterocycles. The van der Waals surface area contributed by atoms with E-state index < -0.39 is 0 Å². The van der Waals surface area contributed by atoms with Crippen molar-refractivity contribution in [2.24, 2.45) is 0 Å².